The minimum absolute atomic E-state index is 0. The summed E-state index contributed by atoms with van der Waals surface area (Å²) in [5.74, 6) is 0.680. The number of nitrogens with zero attached hydrogens (tertiary/aromatic N) is 1. The summed E-state index contributed by atoms with van der Waals surface area (Å²) in [4.78, 5) is 7.57. The van der Waals surface area contributed by atoms with Crippen molar-refractivity contribution in [3.63, 3.8) is 0 Å². The van der Waals surface area contributed by atoms with Gasteiger partial charge in [0.2, 0.25) is 5.88 Å². The van der Waals surface area contributed by atoms with Gasteiger partial charge in [-0.3, -0.25) is 0 Å². The van der Waals surface area contributed by atoms with E-state index in [0.29, 0.717) is 12.5 Å². The first-order valence-corrected chi connectivity index (χ1v) is 5.38. The highest BCUT2D eigenvalue weighted by molar-refractivity contribution is 6.07. The van der Waals surface area contributed by atoms with Gasteiger partial charge in [0.25, 0.3) is 0 Å². The van der Waals surface area contributed by atoms with Crippen molar-refractivity contribution < 1.29 is 4.74 Å². The van der Waals surface area contributed by atoms with Crippen LogP contribution in [0, 0.1) is 0 Å². The van der Waals surface area contributed by atoms with E-state index in [9.17, 15) is 0 Å². The topological polar surface area (TPSA) is 37.9 Å². The fourth-order valence-electron chi connectivity index (χ4n) is 1.96. The summed E-state index contributed by atoms with van der Waals surface area (Å²) in [6.07, 6.45) is 1.82. The maximum absolute atomic E-state index is 5.41. The van der Waals surface area contributed by atoms with Crippen molar-refractivity contribution in [2.75, 3.05) is 6.61 Å². The molecule has 0 saturated heterocycles. The molecule has 0 aliphatic heterocycles. The Labute approximate surface area is 105 Å². The summed E-state index contributed by atoms with van der Waals surface area (Å²) in [6, 6.07) is 10.2. The zero-order valence-corrected chi connectivity index (χ0v) is 10.3. The number of aromatic nitrogens is 2. The largest absolute Gasteiger partial charge is 0.478 e. The number of hydrogen-bond donors (Lipinski definition) is 1. The van der Waals surface area contributed by atoms with E-state index >= 15 is 0 Å². The van der Waals surface area contributed by atoms with Crippen LogP contribution in [0.5, 0.6) is 5.88 Å². The third-order valence-corrected chi connectivity index (χ3v) is 2.66. The molecular formula is C13H13ClN2O. The van der Waals surface area contributed by atoms with E-state index < -0.39 is 0 Å². The molecule has 2 aromatic heterocycles. The minimum atomic E-state index is 0. The van der Waals surface area contributed by atoms with Gasteiger partial charge in [-0.05, 0) is 13.0 Å². The van der Waals surface area contributed by atoms with Crippen LogP contribution in [0.2, 0.25) is 0 Å². The Morgan fingerprint density at radius 1 is 1.18 bits per heavy atom. The van der Waals surface area contributed by atoms with E-state index in [-0.39, 0.29) is 12.4 Å². The molecule has 0 saturated carbocycles. The van der Waals surface area contributed by atoms with Gasteiger partial charge < -0.3 is 9.72 Å². The number of benzene rings is 1. The summed E-state index contributed by atoms with van der Waals surface area (Å²) in [5.41, 5.74) is 2.18. The molecule has 3 rings (SSSR count). The summed E-state index contributed by atoms with van der Waals surface area (Å²) >= 11 is 0. The van der Waals surface area contributed by atoms with Gasteiger partial charge in [0.05, 0.1) is 18.3 Å². The van der Waals surface area contributed by atoms with Gasteiger partial charge in [0.1, 0.15) is 0 Å². The molecular weight excluding hydrogens is 236 g/mol. The predicted molar refractivity (Wildman–Crippen MR) is 72.0 cm³/mol. The van der Waals surface area contributed by atoms with Crippen LogP contribution >= 0.6 is 12.4 Å². The van der Waals surface area contributed by atoms with Crippen LogP contribution in [-0.4, -0.2) is 16.6 Å². The summed E-state index contributed by atoms with van der Waals surface area (Å²) in [5, 5.41) is 2.37. The van der Waals surface area contributed by atoms with Gasteiger partial charge in [0.15, 0.2) is 0 Å². The molecule has 2 heterocycles. The third-order valence-electron chi connectivity index (χ3n) is 2.66. The van der Waals surface area contributed by atoms with Crippen molar-refractivity contribution in [1.29, 1.82) is 0 Å². The monoisotopic (exact) mass is 248 g/mol. The first-order valence-electron chi connectivity index (χ1n) is 5.38. The Hall–Kier alpha value is -1.74. The van der Waals surface area contributed by atoms with Crippen molar-refractivity contribution >= 4 is 34.2 Å². The van der Waals surface area contributed by atoms with E-state index in [1.54, 1.807) is 0 Å². The molecule has 0 amide bonds. The number of halogens is 1. The average molecular weight is 249 g/mol. The smallest absolute Gasteiger partial charge is 0.213 e. The molecule has 0 radical (unpaired) electrons. The Morgan fingerprint density at radius 2 is 2.00 bits per heavy atom. The first kappa shape index (κ1) is 11.7. The molecule has 0 bridgehead atoms. The number of rotatable bonds is 2. The van der Waals surface area contributed by atoms with Crippen LogP contribution in [0.3, 0.4) is 0 Å². The number of hydrogen-bond acceptors (Lipinski definition) is 2. The lowest BCUT2D eigenvalue weighted by molar-refractivity contribution is 0.327. The van der Waals surface area contributed by atoms with E-state index in [1.165, 1.54) is 5.39 Å². The number of pyridine rings is 1. The number of fused-ring (bicyclic) bond motifs is 3. The van der Waals surface area contributed by atoms with E-state index in [1.807, 2.05) is 31.3 Å². The van der Waals surface area contributed by atoms with Gasteiger partial charge >= 0.3 is 0 Å². The molecule has 3 nitrogen and oxygen atoms in total. The van der Waals surface area contributed by atoms with Gasteiger partial charge in [0, 0.05) is 22.4 Å². The fourth-order valence-corrected chi connectivity index (χ4v) is 1.96. The molecule has 0 unspecified atom stereocenters. The number of ether oxygens (including phenoxy) is 1. The standard InChI is InChI=1S/C13H12N2O.ClH/c1-2-16-13-7-10-9-5-3-4-6-11(9)15-12(10)8-14-13;/h3-8,15H,2H2,1H3;1H. The number of nitrogens with one attached hydrogen (secondary N) is 1. The Kier molecular flexibility index (Phi) is 3.20. The molecule has 1 aromatic carbocycles. The zero-order valence-electron chi connectivity index (χ0n) is 9.43. The van der Waals surface area contributed by atoms with Crippen molar-refractivity contribution in [3.05, 3.63) is 36.5 Å². The molecule has 0 atom stereocenters. The molecule has 0 aliphatic carbocycles. The van der Waals surface area contributed by atoms with Crippen molar-refractivity contribution in [1.82, 2.24) is 9.97 Å². The van der Waals surface area contributed by atoms with E-state index in [2.05, 4.69) is 22.1 Å². The van der Waals surface area contributed by atoms with Gasteiger partial charge in [-0.15, -0.1) is 12.4 Å². The highest BCUT2D eigenvalue weighted by Gasteiger charge is 2.05. The lowest BCUT2D eigenvalue weighted by Gasteiger charge is -2.00. The highest BCUT2D eigenvalue weighted by Crippen LogP contribution is 2.26. The van der Waals surface area contributed by atoms with Crippen LogP contribution in [-0.2, 0) is 0 Å². The lowest BCUT2D eigenvalue weighted by atomic mass is 10.2. The Balaban J connectivity index is 0.00000108. The van der Waals surface area contributed by atoms with Gasteiger partial charge in [-0.2, -0.15) is 0 Å². The van der Waals surface area contributed by atoms with Gasteiger partial charge in [-0.25, -0.2) is 4.98 Å². The quantitative estimate of drug-likeness (QED) is 0.753. The van der Waals surface area contributed by atoms with Gasteiger partial charge in [-0.1, -0.05) is 18.2 Å². The lowest BCUT2D eigenvalue weighted by Crippen LogP contribution is -1.93. The Bertz CT molecular complexity index is 648. The minimum Gasteiger partial charge on any atom is -0.478 e. The number of aromatic amines is 1. The molecule has 1 N–H and O–H groups in total. The second-order valence-electron chi connectivity index (χ2n) is 3.67. The summed E-state index contributed by atoms with van der Waals surface area (Å²) in [7, 11) is 0. The second kappa shape index (κ2) is 4.63. The van der Waals surface area contributed by atoms with Crippen molar-refractivity contribution in [2.45, 2.75) is 6.92 Å². The highest BCUT2D eigenvalue weighted by atomic mass is 35.5. The summed E-state index contributed by atoms with van der Waals surface area (Å²) < 4.78 is 5.41. The van der Waals surface area contributed by atoms with Crippen molar-refractivity contribution in [3.8, 4) is 5.88 Å². The van der Waals surface area contributed by atoms with Crippen LogP contribution in [0.25, 0.3) is 21.8 Å². The normalized spacial score (nSPS) is 10.4. The van der Waals surface area contributed by atoms with Crippen LogP contribution in [0.1, 0.15) is 6.92 Å². The van der Waals surface area contributed by atoms with Crippen LogP contribution in [0.15, 0.2) is 36.5 Å². The maximum Gasteiger partial charge on any atom is 0.213 e. The molecule has 0 fully saturated rings. The predicted octanol–water partition coefficient (Wildman–Crippen LogP) is 3.54. The van der Waals surface area contributed by atoms with E-state index in [4.69, 9.17) is 4.74 Å². The summed E-state index contributed by atoms with van der Waals surface area (Å²) in [6.45, 7) is 2.60. The van der Waals surface area contributed by atoms with E-state index in [0.717, 1.165) is 16.4 Å². The second-order valence-corrected chi connectivity index (χ2v) is 3.67. The third kappa shape index (κ3) is 1.94. The fraction of sp³-hybridized carbons (Fsp3) is 0.154. The maximum atomic E-state index is 5.41. The number of H-pyrrole nitrogens is 1. The van der Waals surface area contributed by atoms with Crippen LogP contribution in [0.4, 0.5) is 0 Å². The zero-order chi connectivity index (χ0) is 11.0. The molecule has 3 aromatic rings. The first-order chi connectivity index (χ1) is 7.88. The average Bonchev–Trinajstić information content (AvgIpc) is 2.68. The molecule has 4 heteroatoms. The number of para-hydroxylation sites is 1. The SMILES string of the molecule is CCOc1cc2c(cn1)[nH]c1ccccc12.Cl. The molecule has 0 spiro atoms. The Morgan fingerprint density at radius 3 is 2.82 bits per heavy atom. The molecule has 0 aliphatic rings. The van der Waals surface area contributed by atoms with Crippen molar-refractivity contribution in [2.24, 2.45) is 0 Å². The molecule has 17 heavy (non-hydrogen) atoms. The molecule has 88 valence electrons. The van der Waals surface area contributed by atoms with Crippen LogP contribution < -0.4 is 4.74 Å².